The molecule has 0 saturated carbocycles. The average Bonchev–Trinajstić information content (AvgIpc) is 3.15. The van der Waals surface area contributed by atoms with Crippen molar-refractivity contribution in [3.8, 4) is 11.3 Å². The fourth-order valence-corrected chi connectivity index (χ4v) is 4.66. The van der Waals surface area contributed by atoms with Gasteiger partial charge in [-0.05, 0) is 42.5 Å². The van der Waals surface area contributed by atoms with Crippen molar-refractivity contribution >= 4 is 80.6 Å². The van der Waals surface area contributed by atoms with E-state index in [-0.39, 0.29) is 5.91 Å². The predicted octanol–water partition coefficient (Wildman–Crippen LogP) is 7.36. The van der Waals surface area contributed by atoms with Crippen LogP contribution >= 0.6 is 58.8 Å². The minimum Gasteiger partial charge on any atom is -0.457 e. The molecule has 0 N–H and O–H groups in total. The zero-order valence-electron chi connectivity index (χ0n) is 14.7. The molecule has 0 bridgehead atoms. The Morgan fingerprint density at radius 1 is 1.07 bits per heavy atom. The molecule has 8 heteroatoms. The summed E-state index contributed by atoms with van der Waals surface area (Å²) in [5.41, 5.74) is 1.38. The quantitative estimate of drug-likeness (QED) is 0.290. The van der Waals surface area contributed by atoms with Crippen LogP contribution in [0.25, 0.3) is 17.4 Å². The number of hydrogen-bond donors (Lipinski definition) is 0. The van der Waals surface area contributed by atoms with Gasteiger partial charge in [0, 0.05) is 22.3 Å². The first-order valence-corrected chi connectivity index (χ1v) is 10.8. The molecule has 2 aromatic carbocycles. The summed E-state index contributed by atoms with van der Waals surface area (Å²) in [7, 11) is 0. The standard InChI is InChI=1S/C21H12Cl3NO2S2/c22-12-3-1-4-13(9-12)25-11-19(28)29-18(21(25)26)10-14-7-8-17(27-14)15-5-2-6-16(23)20(15)24/h1-10H,11H2/b18-10-. The number of rotatable bonds is 3. The highest BCUT2D eigenvalue weighted by Gasteiger charge is 2.29. The maximum atomic E-state index is 13.0. The molecular weight excluding hydrogens is 469 g/mol. The second-order valence-electron chi connectivity index (χ2n) is 6.16. The summed E-state index contributed by atoms with van der Waals surface area (Å²) in [5, 5.41) is 1.42. The molecule has 1 aliphatic rings. The van der Waals surface area contributed by atoms with Gasteiger partial charge in [0.1, 0.15) is 11.5 Å². The van der Waals surface area contributed by atoms with Crippen LogP contribution in [-0.4, -0.2) is 16.6 Å². The molecule has 0 spiro atoms. The second-order valence-corrected chi connectivity index (χ2v) is 9.27. The maximum absolute atomic E-state index is 13.0. The molecule has 29 heavy (non-hydrogen) atoms. The molecule has 0 aliphatic carbocycles. The topological polar surface area (TPSA) is 33.5 Å². The zero-order valence-corrected chi connectivity index (χ0v) is 18.6. The van der Waals surface area contributed by atoms with Crippen molar-refractivity contribution in [1.82, 2.24) is 0 Å². The van der Waals surface area contributed by atoms with E-state index in [4.69, 9.17) is 51.4 Å². The van der Waals surface area contributed by atoms with E-state index in [2.05, 4.69) is 0 Å². The Morgan fingerprint density at radius 3 is 2.66 bits per heavy atom. The highest BCUT2D eigenvalue weighted by atomic mass is 35.5. The largest absolute Gasteiger partial charge is 0.457 e. The van der Waals surface area contributed by atoms with Gasteiger partial charge in [-0.3, -0.25) is 4.79 Å². The van der Waals surface area contributed by atoms with E-state index in [1.807, 2.05) is 12.1 Å². The number of amides is 1. The molecule has 3 nitrogen and oxygen atoms in total. The van der Waals surface area contributed by atoms with Crippen LogP contribution < -0.4 is 4.90 Å². The number of carbonyl (C=O) groups excluding carboxylic acids is 1. The number of furan rings is 1. The van der Waals surface area contributed by atoms with Gasteiger partial charge in [-0.25, -0.2) is 0 Å². The van der Waals surface area contributed by atoms with Gasteiger partial charge >= 0.3 is 0 Å². The molecule has 1 fully saturated rings. The monoisotopic (exact) mass is 479 g/mol. The third kappa shape index (κ3) is 4.39. The Hall–Kier alpha value is -1.76. The Morgan fingerprint density at radius 2 is 1.86 bits per heavy atom. The molecule has 0 unspecified atom stereocenters. The van der Waals surface area contributed by atoms with Crippen molar-refractivity contribution in [2.45, 2.75) is 0 Å². The first-order chi connectivity index (χ1) is 13.9. The summed E-state index contributed by atoms with van der Waals surface area (Å²) in [4.78, 5) is 15.1. The number of nitrogens with zero attached hydrogens (tertiary/aromatic N) is 1. The highest BCUT2D eigenvalue weighted by molar-refractivity contribution is 8.26. The van der Waals surface area contributed by atoms with Crippen LogP contribution in [0.4, 0.5) is 5.69 Å². The Balaban J connectivity index is 1.65. The third-order valence-electron chi connectivity index (χ3n) is 4.20. The van der Waals surface area contributed by atoms with Gasteiger partial charge in [-0.15, -0.1) is 0 Å². The van der Waals surface area contributed by atoms with Crippen LogP contribution in [0.3, 0.4) is 0 Å². The van der Waals surface area contributed by atoms with Gasteiger partial charge < -0.3 is 9.32 Å². The summed E-state index contributed by atoms with van der Waals surface area (Å²) >= 11 is 25.1. The van der Waals surface area contributed by atoms with Crippen LogP contribution in [0.5, 0.6) is 0 Å². The Bertz CT molecular complexity index is 1160. The fraction of sp³-hybridized carbons (Fsp3) is 0.0476. The number of anilines is 1. The van der Waals surface area contributed by atoms with Crippen LogP contribution in [0.1, 0.15) is 5.76 Å². The molecule has 0 radical (unpaired) electrons. The first kappa shape index (κ1) is 20.5. The normalized spacial score (nSPS) is 16.0. The summed E-state index contributed by atoms with van der Waals surface area (Å²) in [6, 6.07) is 16.0. The van der Waals surface area contributed by atoms with Crippen LogP contribution in [0.2, 0.25) is 15.1 Å². The molecule has 1 amide bonds. The Labute approximate surface area is 192 Å². The molecule has 146 valence electrons. The molecular formula is C21H12Cl3NO2S2. The molecule has 4 rings (SSSR count). The lowest BCUT2D eigenvalue weighted by atomic mass is 10.2. The van der Waals surface area contributed by atoms with Gasteiger partial charge in [-0.1, -0.05) is 70.9 Å². The summed E-state index contributed by atoms with van der Waals surface area (Å²) in [6.45, 7) is 0.345. The number of thiocarbonyl (C=S) groups is 1. The summed E-state index contributed by atoms with van der Waals surface area (Å²) < 4.78 is 6.56. The zero-order chi connectivity index (χ0) is 20.5. The van der Waals surface area contributed by atoms with Crippen LogP contribution in [-0.2, 0) is 4.79 Å². The van der Waals surface area contributed by atoms with E-state index in [9.17, 15) is 4.79 Å². The number of hydrogen-bond acceptors (Lipinski definition) is 4. The van der Waals surface area contributed by atoms with Crippen molar-refractivity contribution in [3.63, 3.8) is 0 Å². The van der Waals surface area contributed by atoms with Gasteiger partial charge in [0.25, 0.3) is 5.91 Å². The highest BCUT2D eigenvalue weighted by Crippen LogP contribution is 2.36. The smallest absolute Gasteiger partial charge is 0.265 e. The SMILES string of the molecule is O=C1/C(=C/c2ccc(-c3cccc(Cl)c3Cl)o2)SC(=S)CN1c1cccc(Cl)c1. The van der Waals surface area contributed by atoms with Gasteiger partial charge in [0.2, 0.25) is 0 Å². The molecule has 1 aromatic heterocycles. The van der Waals surface area contributed by atoms with Crippen molar-refractivity contribution in [2.75, 3.05) is 11.4 Å². The van der Waals surface area contributed by atoms with E-state index in [0.29, 0.717) is 53.5 Å². The number of carbonyl (C=O) groups is 1. The lowest BCUT2D eigenvalue weighted by Gasteiger charge is -2.28. The fourth-order valence-electron chi connectivity index (χ4n) is 2.87. The van der Waals surface area contributed by atoms with Crippen LogP contribution in [0, 0.1) is 0 Å². The maximum Gasteiger partial charge on any atom is 0.265 e. The summed E-state index contributed by atoms with van der Waals surface area (Å²) in [5.74, 6) is 0.916. The number of benzene rings is 2. The van der Waals surface area contributed by atoms with E-state index >= 15 is 0 Å². The van der Waals surface area contributed by atoms with Crippen molar-refractivity contribution in [2.24, 2.45) is 0 Å². The minimum atomic E-state index is -0.162. The lowest BCUT2D eigenvalue weighted by Crippen LogP contribution is -2.38. The second kappa shape index (κ2) is 8.54. The first-order valence-electron chi connectivity index (χ1n) is 8.46. The van der Waals surface area contributed by atoms with Gasteiger partial charge in [0.05, 0.1) is 25.7 Å². The molecule has 2 heterocycles. The molecule has 3 aromatic rings. The van der Waals surface area contributed by atoms with Crippen molar-refractivity contribution in [3.05, 3.63) is 80.3 Å². The van der Waals surface area contributed by atoms with E-state index < -0.39 is 0 Å². The third-order valence-corrected chi connectivity index (χ3v) is 6.51. The number of thioether (sulfide) groups is 1. The minimum absolute atomic E-state index is 0.162. The number of halogens is 3. The van der Waals surface area contributed by atoms with E-state index in [1.165, 1.54) is 11.8 Å². The lowest BCUT2D eigenvalue weighted by molar-refractivity contribution is -0.114. The van der Waals surface area contributed by atoms with E-state index in [0.717, 1.165) is 0 Å². The van der Waals surface area contributed by atoms with Crippen molar-refractivity contribution in [1.29, 1.82) is 0 Å². The van der Waals surface area contributed by atoms with E-state index in [1.54, 1.807) is 53.4 Å². The Kier molecular flexibility index (Phi) is 6.04. The average molecular weight is 481 g/mol. The molecule has 1 aliphatic heterocycles. The van der Waals surface area contributed by atoms with Crippen molar-refractivity contribution < 1.29 is 9.21 Å². The van der Waals surface area contributed by atoms with Crippen LogP contribution in [0.15, 0.2) is 63.9 Å². The summed E-state index contributed by atoms with van der Waals surface area (Å²) in [6.07, 6.45) is 1.68. The van der Waals surface area contributed by atoms with Gasteiger partial charge in [-0.2, -0.15) is 0 Å². The van der Waals surface area contributed by atoms with Gasteiger partial charge in [0.15, 0.2) is 0 Å². The molecule has 1 saturated heterocycles. The molecule has 0 atom stereocenters. The predicted molar refractivity (Wildman–Crippen MR) is 126 cm³/mol.